The standard InChI is InChI=1S/C10H9BrO2/c11-7-3-1-6(2-4-7)8-5-9(8)10(12)13/h1-4,8-9H,5H2,(H,12,13)/t8-,9-/m0/s1. The van der Waals surface area contributed by atoms with Crippen molar-refractivity contribution in [2.75, 3.05) is 0 Å². The van der Waals surface area contributed by atoms with E-state index in [9.17, 15) is 4.79 Å². The molecule has 13 heavy (non-hydrogen) atoms. The Labute approximate surface area is 84.7 Å². The second-order valence-electron chi connectivity index (χ2n) is 3.34. The molecule has 2 nitrogen and oxygen atoms in total. The molecule has 68 valence electrons. The summed E-state index contributed by atoms with van der Waals surface area (Å²) in [5, 5.41) is 8.73. The molecule has 1 saturated carbocycles. The molecule has 3 heteroatoms. The quantitative estimate of drug-likeness (QED) is 0.864. The number of halogens is 1. The summed E-state index contributed by atoms with van der Waals surface area (Å²) >= 11 is 3.34. The van der Waals surface area contributed by atoms with Gasteiger partial charge in [-0.25, -0.2) is 0 Å². The number of carboxylic acids is 1. The van der Waals surface area contributed by atoms with Crippen molar-refractivity contribution in [3.05, 3.63) is 34.3 Å². The topological polar surface area (TPSA) is 37.3 Å². The van der Waals surface area contributed by atoms with Crippen molar-refractivity contribution >= 4 is 21.9 Å². The lowest BCUT2D eigenvalue weighted by Gasteiger charge is -1.97. The second-order valence-corrected chi connectivity index (χ2v) is 4.25. The maximum Gasteiger partial charge on any atom is 0.307 e. The van der Waals surface area contributed by atoms with Crippen molar-refractivity contribution in [3.63, 3.8) is 0 Å². The summed E-state index contributed by atoms with van der Waals surface area (Å²) in [4.78, 5) is 10.6. The fourth-order valence-electron chi connectivity index (χ4n) is 1.55. The molecule has 1 aliphatic carbocycles. The normalized spacial score (nSPS) is 25.6. The summed E-state index contributed by atoms with van der Waals surface area (Å²) in [5.41, 5.74) is 1.13. The van der Waals surface area contributed by atoms with Crippen molar-refractivity contribution in [2.24, 2.45) is 5.92 Å². The number of hydrogen-bond acceptors (Lipinski definition) is 1. The molecule has 0 heterocycles. The van der Waals surface area contributed by atoms with Crippen LogP contribution in [-0.4, -0.2) is 11.1 Å². The van der Waals surface area contributed by atoms with E-state index in [2.05, 4.69) is 15.9 Å². The molecule has 0 spiro atoms. The number of rotatable bonds is 2. The Balaban J connectivity index is 2.12. The second kappa shape index (κ2) is 3.14. The third kappa shape index (κ3) is 1.75. The highest BCUT2D eigenvalue weighted by Gasteiger charge is 2.43. The van der Waals surface area contributed by atoms with Crippen molar-refractivity contribution in [3.8, 4) is 0 Å². The molecule has 0 bridgehead atoms. The van der Waals surface area contributed by atoms with E-state index in [1.54, 1.807) is 0 Å². The van der Waals surface area contributed by atoms with Crippen LogP contribution in [0.25, 0.3) is 0 Å². The lowest BCUT2D eigenvalue weighted by Crippen LogP contribution is -1.98. The van der Waals surface area contributed by atoms with Crippen molar-refractivity contribution in [1.82, 2.24) is 0 Å². The summed E-state index contributed by atoms with van der Waals surface area (Å²) in [6, 6.07) is 7.87. The van der Waals surface area contributed by atoms with E-state index in [0.29, 0.717) is 0 Å². The van der Waals surface area contributed by atoms with Crippen LogP contribution in [0.3, 0.4) is 0 Å². The number of carbonyl (C=O) groups is 1. The van der Waals surface area contributed by atoms with E-state index in [-0.39, 0.29) is 11.8 Å². The molecule has 1 aromatic rings. The average Bonchev–Trinajstić information content (AvgIpc) is 2.85. The molecule has 0 saturated heterocycles. The minimum absolute atomic E-state index is 0.152. The Morgan fingerprint density at radius 1 is 1.38 bits per heavy atom. The van der Waals surface area contributed by atoms with Crippen molar-refractivity contribution in [1.29, 1.82) is 0 Å². The molecule has 1 aliphatic rings. The van der Waals surface area contributed by atoms with Gasteiger partial charge in [0.05, 0.1) is 5.92 Å². The first-order chi connectivity index (χ1) is 6.18. The van der Waals surface area contributed by atoms with E-state index in [0.717, 1.165) is 16.5 Å². The van der Waals surface area contributed by atoms with Gasteiger partial charge in [0, 0.05) is 4.47 Å². The van der Waals surface area contributed by atoms with Crippen LogP contribution in [0.15, 0.2) is 28.7 Å². The Bertz CT molecular complexity index is 331. The zero-order valence-electron chi connectivity index (χ0n) is 6.90. The van der Waals surface area contributed by atoms with Crippen molar-refractivity contribution < 1.29 is 9.90 Å². The van der Waals surface area contributed by atoms with Gasteiger partial charge in [0.15, 0.2) is 0 Å². The fraction of sp³-hybridized carbons (Fsp3) is 0.300. The van der Waals surface area contributed by atoms with Gasteiger partial charge in [0.2, 0.25) is 0 Å². The van der Waals surface area contributed by atoms with Gasteiger partial charge in [-0.2, -0.15) is 0 Å². The van der Waals surface area contributed by atoms with Crippen LogP contribution in [-0.2, 0) is 4.79 Å². The lowest BCUT2D eigenvalue weighted by atomic mass is 10.1. The third-order valence-corrected chi connectivity index (χ3v) is 2.93. The van der Waals surface area contributed by atoms with E-state index >= 15 is 0 Å². The molecule has 0 aromatic heterocycles. The molecule has 2 rings (SSSR count). The first-order valence-electron chi connectivity index (χ1n) is 4.17. The van der Waals surface area contributed by atoms with E-state index < -0.39 is 5.97 Å². The maximum atomic E-state index is 10.6. The molecule has 0 aliphatic heterocycles. The molecular weight excluding hydrogens is 232 g/mol. The number of hydrogen-bond donors (Lipinski definition) is 1. The Morgan fingerprint density at radius 2 is 2.00 bits per heavy atom. The Morgan fingerprint density at radius 3 is 2.46 bits per heavy atom. The van der Waals surface area contributed by atoms with Crippen LogP contribution in [0, 0.1) is 5.92 Å². The molecule has 0 unspecified atom stereocenters. The van der Waals surface area contributed by atoms with Crippen LogP contribution in [0.4, 0.5) is 0 Å². The molecule has 0 amide bonds. The Kier molecular flexibility index (Phi) is 2.12. The minimum atomic E-state index is -0.673. The van der Waals surface area contributed by atoms with E-state index in [4.69, 9.17) is 5.11 Å². The summed E-state index contributed by atoms with van der Waals surface area (Å²) < 4.78 is 1.03. The highest BCUT2D eigenvalue weighted by atomic mass is 79.9. The van der Waals surface area contributed by atoms with Crippen LogP contribution in [0.5, 0.6) is 0 Å². The predicted molar refractivity (Wildman–Crippen MR) is 52.6 cm³/mol. The van der Waals surface area contributed by atoms with Gasteiger partial charge >= 0.3 is 5.97 Å². The van der Waals surface area contributed by atoms with Gasteiger partial charge in [-0.05, 0) is 30.0 Å². The SMILES string of the molecule is O=C(O)[C@H]1C[C@H]1c1ccc(Br)cc1. The summed E-state index contributed by atoms with van der Waals surface area (Å²) in [6.45, 7) is 0. The van der Waals surface area contributed by atoms with Crippen LogP contribution >= 0.6 is 15.9 Å². The van der Waals surface area contributed by atoms with Gasteiger partial charge in [0.25, 0.3) is 0 Å². The zero-order valence-corrected chi connectivity index (χ0v) is 8.49. The maximum absolute atomic E-state index is 10.6. The average molecular weight is 241 g/mol. The highest BCUT2D eigenvalue weighted by molar-refractivity contribution is 9.10. The lowest BCUT2D eigenvalue weighted by molar-refractivity contribution is -0.138. The largest absolute Gasteiger partial charge is 0.481 e. The molecule has 1 N–H and O–H groups in total. The van der Waals surface area contributed by atoms with E-state index in [1.807, 2.05) is 24.3 Å². The number of aliphatic carboxylic acids is 1. The minimum Gasteiger partial charge on any atom is -0.481 e. The first-order valence-corrected chi connectivity index (χ1v) is 4.96. The monoisotopic (exact) mass is 240 g/mol. The zero-order chi connectivity index (χ0) is 9.42. The molecule has 0 radical (unpaired) electrons. The summed E-state index contributed by atoms with van der Waals surface area (Å²) in [7, 11) is 0. The molecular formula is C10H9BrO2. The van der Waals surface area contributed by atoms with Gasteiger partial charge < -0.3 is 5.11 Å². The molecule has 2 atom stereocenters. The summed E-state index contributed by atoms with van der Waals surface area (Å²) in [5.74, 6) is -0.584. The third-order valence-electron chi connectivity index (χ3n) is 2.41. The van der Waals surface area contributed by atoms with Gasteiger partial charge in [-0.3, -0.25) is 4.79 Å². The summed E-state index contributed by atoms with van der Waals surface area (Å²) in [6.07, 6.45) is 0.789. The highest BCUT2D eigenvalue weighted by Crippen LogP contribution is 2.47. The number of benzene rings is 1. The van der Waals surface area contributed by atoms with Crippen LogP contribution in [0.1, 0.15) is 17.9 Å². The van der Waals surface area contributed by atoms with Crippen molar-refractivity contribution in [2.45, 2.75) is 12.3 Å². The molecule has 1 fully saturated rings. The predicted octanol–water partition coefficient (Wildman–Crippen LogP) is 2.64. The molecule has 1 aromatic carbocycles. The van der Waals surface area contributed by atoms with Gasteiger partial charge in [0.1, 0.15) is 0 Å². The van der Waals surface area contributed by atoms with Gasteiger partial charge in [-0.15, -0.1) is 0 Å². The Hall–Kier alpha value is -0.830. The van der Waals surface area contributed by atoms with Crippen LogP contribution < -0.4 is 0 Å². The van der Waals surface area contributed by atoms with Crippen LogP contribution in [0.2, 0.25) is 0 Å². The van der Waals surface area contributed by atoms with E-state index in [1.165, 1.54) is 0 Å². The number of carboxylic acid groups (broad SMARTS) is 1. The van der Waals surface area contributed by atoms with Gasteiger partial charge in [-0.1, -0.05) is 28.1 Å². The fourth-order valence-corrected chi connectivity index (χ4v) is 1.81. The smallest absolute Gasteiger partial charge is 0.307 e. The first kappa shape index (κ1) is 8.75.